The average Bonchev–Trinajstić information content (AvgIpc) is 3.55. The van der Waals surface area contributed by atoms with Crippen LogP contribution >= 0.6 is 11.3 Å². The molecule has 1 aromatic heterocycles. The molecule has 0 aliphatic carbocycles. The van der Waals surface area contributed by atoms with Crippen LogP contribution < -0.4 is 22.1 Å². The highest BCUT2D eigenvalue weighted by Crippen LogP contribution is 2.28. The molecule has 0 spiro atoms. The van der Waals surface area contributed by atoms with E-state index in [9.17, 15) is 32.9 Å². The zero-order valence-corrected chi connectivity index (χ0v) is 26.1. The average molecular weight is 665 g/mol. The fourth-order valence-corrected chi connectivity index (χ4v) is 7.45. The smallest absolute Gasteiger partial charge is 0.269 e. The van der Waals surface area contributed by atoms with Crippen LogP contribution in [0.4, 0.5) is 11.4 Å². The highest BCUT2D eigenvalue weighted by molar-refractivity contribution is 7.91. The van der Waals surface area contributed by atoms with E-state index in [1.807, 2.05) is 6.07 Å². The number of anilines is 1. The second-order valence-electron chi connectivity index (χ2n) is 10.2. The molecular formula is C31H32N6O7S2. The van der Waals surface area contributed by atoms with E-state index in [-0.39, 0.29) is 34.0 Å². The molecule has 3 aromatic carbocycles. The van der Waals surface area contributed by atoms with Gasteiger partial charge in [0.1, 0.15) is 4.21 Å². The number of nitrogens with two attached hydrogens (primary N) is 2. The SMILES string of the molecule is NC(=O)c1ccc(NC2CCN(S(=O)(=O)c3ccc(CNC(=O)c4ccc([N+](=O)[O-])cc4)s3)CC2)cc1.NC(=O)c1ccccc1. The molecule has 5 rings (SSSR count). The molecule has 1 saturated heterocycles. The van der Waals surface area contributed by atoms with Crippen molar-refractivity contribution in [3.63, 3.8) is 0 Å². The Labute approximate surface area is 269 Å². The van der Waals surface area contributed by atoms with E-state index in [2.05, 4.69) is 10.6 Å². The number of carbonyl (C=O) groups excluding carboxylic acids is 3. The molecule has 4 aromatic rings. The maximum atomic E-state index is 13.1. The van der Waals surface area contributed by atoms with Crippen molar-refractivity contribution in [3.05, 3.63) is 123 Å². The number of non-ortho nitro benzene ring substituents is 1. The lowest BCUT2D eigenvalue weighted by Gasteiger charge is -2.31. The van der Waals surface area contributed by atoms with Gasteiger partial charge >= 0.3 is 0 Å². The van der Waals surface area contributed by atoms with Crippen LogP contribution in [0.25, 0.3) is 0 Å². The number of hydrogen-bond donors (Lipinski definition) is 4. The summed E-state index contributed by atoms with van der Waals surface area (Å²) in [5, 5.41) is 16.8. The highest BCUT2D eigenvalue weighted by atomic mass is 32.2. The Hall–Kier alpha value is -5.12. The summed E-state index contributed by atoms with van der Waals surface area (Å²) >= 11 is 1.10. The lowest BCUT2D eigenvalue weighted by molar-refractivity contribution is -0.384. The molecule has 46 heavy (non-hydrogen) atoms. The summed E-state index contributed by atoms with van der Waals surface area (Å²) in [4.78, 5) is 44.8. The minimum Gasteiger partial charge on any atom is -0.382 e. The third-order valence-corrected chi connectivity index (χ3v) is 10.5. The van der Waals surface area contributed by atoms with E-state index in [0.717, 1.165) is 17.0 Å². The summed E-state index contributed by atoms with van der Waals surface area (Å²) in [5.41, 5.74) is 12.2. The number of nitro groups is 1. The molecule has 0 atom stereocenters. The molecule has 2 heterocycles. The van der Waals surface area contributed by atoms with Crippen LogP contribution in [0.15, 0.2) is 95.2 Å². The minimum atomic E-state index is -3.66. The van der Waals surface area contributed by atoms with Crippen LogP contribution in [-0.4, -0.2) is 54.5 Å². The highest BCUT2D eigenvalue weighted by Gasteiger charge is 2.30. The van der Waals surface area contributed by atoms with Gasteiger partial charge < -0.3 is 22.1 Å². The Morgan fingerprint density at radius 3 is 1.93 bits per heavy atom. The second-order valence-corrected chi connectivity index (χ2v) is 13.5. The summed E-state index contributed by atoms with van der Waals surface area (Å²) in [5.74, 6) is -1.28. The topological polar surface area (TPSA) is 208 Å². The van der Waals surface area contributed by atoms with Gasteiger partial charge in [-0.05, 0) is 73.5 Å². The number of rotatable bonds is 10. The quantitative estimate of drug-likeness (QED) is 0.145. The fraction of sp³-hybridized carbons (Fsp3) is 0.194. The van der Waals surface area contributed by atoms with E-state index >= 15 is 0 Å². The fourth-order valence-electron chi connectivity index (χ4n) is 4.53. The van der Waals surface area contributed by atoms with Gasteiger partial charge in [-0.15, -0.1) is 11.3 Å². The van der Waals surface area contributed by atoms with Gasteiger partial charge in [0.2, 0.25) is 11.8 Å². The number of hydrogen-bond acceptors (Lipinski definition) is 9. The summed E-state index contributed by atoms with van der Waals surface area (Å²) in [6.07, 6.45) is 1.25. The number of primary amides is 2. The van der Waals surface area contributed by atoms with Crippen LogP contribution in [0.5, 0.6) is 0 Å². The molecule has 1 aliphatic rings. The maximum Gasteiger partial charge on any atom is 0.269 e. The number of amides is 3. The van der Waals surface area contributed by atoms with Gasteiger partial charge in [-0.1, -0.05) is 18.2 Å². The van der Waals surface area contributed by atoms with Gasteiger partial charge in [-0.2, -0.15) is 4.31 Å². The molecule has 1 aliphatic heterocycles. The Balaban J connectivity index is 0.000000459. The van der Waals surface area contributed by atoms with E-state index in [1.165, 1.54) is 34.6 Å². The first-order valence-corrected chi connectivity index (χ1v) is 16.3. The number of nitro benzene ring substituents is 1. The van der Waals surface area contributed by atoms with Crippen molar-refractivity contribution in [2.24, 2.45) is 11.5 Å². The van der Waals surface area contributed by atoms with E-state index < -0.39 is 26.8 Å². The molecule has 3 amide bonds. The minimum absolute atomic E-state index is 0.0967. The van der Waals surface area contributed by atoms with Crippen LogP contribution in [0, 0.1) is 10.1 Å². The van der Waals surface area contributed by atoms with E-state index in [1.54, 1.807) is 54.6 Å². The molecule has 240 valence electrons. The zero-order valence-electron chi connectivity index (χ0n) is 24.5. The van der Waals surface area contributed by atoms with Gasteiger partial charge in [-0.3, -0.25) is 24.5 Å². The third-order valence-electron chi connectivity index (χ3n) is 7.05. The Morgan fingerprint density at radius 1 is 0.826 bits per heavy atom. The van der Waals surface area contributed by atoms with Crippen LogP contribution in [0.2, 0.25) is 0 Å². The van der Waals surface area contributed by atoms with E-state index in [0.29, 0.717) is 41.9 Å². The largest absolute Gasteiger partial charge is 0.382 e. The first kappa shape index (κ1) is 33.8. The summed E-state index contributed by atoms with van der Waals surface area (Å²) in [6.45, 7) is 0.865. The van der Waals surface area contributed by atoms with Crippen molar-refractivity contribution in [2.75, 3.05) is 18.4 Å². The summed E-state index contributed by atoms with van der Waals surface area (Å²) in [6, 6.07) is 24.1. The second kappa shape index (κ2) is 15.2. The predicted molar refractivity (Wildman–Crippen MR) is 174 cm³/mol. The number of nitrogens with one attached hydrogen (secondary N) is 2. The Morgan fingerprint density at radius 2 is 1.39 bits per heavy atom. The number of nitrogens with zero attached hydrogens (tertiary/aromatic N) is 2. The summed E-state index contributed by atoms with van der Waals surface area (Å²) in [7, 11) is -3.66. The first-order valence-electron chi connectivity index (χ1n) is 14.1. The van der Waals surface area contributed by atoms with Gasteiger partial charge in [0, 0.05) is 58.5 Å². The standard InChI is InChI=1S/C24H25N5O6S2.C7H7NO/c25-23(30)16-1-5-18(6-2-16)27-19-11-13-28(14-12-19)37(34,35)22-10-9-21(36-22)15-26-24(31)17-3-7-20(8-4-17)29(32)33;8-7(9)6-4-2-1-3-5-6/h1-10,19,27H,11-15H2,(H2,25,30)(H,26,31);1-5H,(H2,8,9). The lowest BCUT2D eigenvalue weighted by atomic mass is 10.1. The maximum absolute atomic E-state index is 13.1. The van der Waals surface area contributed by atoms with Crippen molar-refractivity contribution >= 4 is 50.5 Å². The van der Waals surface area contributed by atoms with Crippen molar-refractivity contribution in [3.8, 4) is 0 Å². The molecule has 0 saturated carbocycles. The van der Waals surface area contributed by atoms with Gasteiger partial charge in [0.25, 0.3) is 21.6 Å². The molecule has 0 radical (unpaired) electrons. The Bertz CT molecular complexity index is 1790. The van der Waals surface area contributed by atoms with Crippen molar-refractivity contribution < 1.29 is 27.7 Å². The molecule has 0 unspecified atom stereocenters. The summed E-state index contributed by atoms with van der Waals surface area (Å²) < 4.78 is 28.0. The zero-order chi connectivity index (χ0) is 33.3. The molecule has 13 nitrogen and oxygen atoms in total. The normalized spacial score (nSPS) is 13.6. The number of benzene rings is 3. The lowest BCUT2D eigenvalue weighted by Crippen LogP contribution is -2.42. The van der Waals surface area contributed by atoms with Crippen LogP contribution in [0.3, 0.4) is 0 Å². The van der Waals surface area contributed by atoms with Crippen LogP contribution in [0.1, 0.15) is 48.8 Å². The van der Waals surface area contributed by atoms with Crippen molar-refractivity contribution in [1.29, 1.82) is 0 Å². The Kier molecular flexibility index (Phi) is 11.2. The third kappa shape index (κ3) is 8.97. The number of piperidine rings is 1. The van der Waals surface area contributed by atoms with Crippen molar-refractivity contribution in [2.45, 2.75) is 29.6 Å². The first-order chi connectivity index (χ1) is 21.9. The van der Waals surface area contributed by atoms with Gasteiger partial charge in [0.15, 0.2) is 0 Å². The van der Waals surface area contributed by atoms with E-state index in [4.69, 9.17) is 11.5 Å². The molecule has 1 fully saturated rings. The number of thiophene rings is 1. The monoisotopic (exact) mass is 664 g/mol. The molecule has 0 bridgehead atoms. The predicted octanol–water partition coefficient (Wildman–Crippen LogP) is 3.74. The van der Waals surface area contributed by atoms with Crippen LogP contribution in [-0.2, 0) is 16.6 Å². The number of sulfonamides is 1. The van der Waals surface area contributed by atoms with Gasteiger partial charge in [0.05, 0.1) is 11.5 Å². The molecule has 6 N–H and O–H groups in total. The molecular weight excluding hydrogens is 633 g/mol. The van der Waals surface area contributed by atoms with Crippen molar-refractivity contribution in [1.82, 2.24) is 9.62 Å². The molecule has 15 heteroatoms. The van der Waals surface area contributed by atoms with Gasteiger partial charge in [-0.25, -0.2) is 8.42 Å². The number of carbonyl (C=O) groups is 3.